The summed E-state index contributed by atoms with van der Waals surface area (Å²) in [6.07, 6.45) is 7.21. The van der Waals surface area contributed by atoms with Gasteiger partial charge in [-0.05, 0) is 46.4 Å². The minimum absolute atomic E-state index is 0. The van der Waals surface area contributed by atoms with E-state index in [0.717, 1.165) is 16.9 Å². The van der Waals surface area contributed by atoms with Crippen LogP contribution in [0.4, 0.5) is 17.2 Å². The van der Waals surface area contributed by atoms with Crippen molar-refractivity contribution in [2.24, 2.45) is 17.8 Å². The van der Waals surface area contributed by atoms with E-state index in [1.807, 2.05) is 43.4 Å². The number of nitrogens with one attached hydrogen (secondary N) is 2. The van der Waals surface area contributed by atoms with Crippen molar-refractivity contribution in [3.8, 4) is 17.1 Å². The van der Waals surface area contributed by atoms with E-state index in [9.17, 15) is 0 Å². The zero-order chi connectivity index (χ0) is 25.4. The van der Waals surface area contributed by atoms with E-state index >= 15 is 0 Å². The van der Waals surface area contributed by atoms with Crippen LogP contribution >= 0.6 is 28.4 Å². The SMILES string of the molecule is C.CC.CN/C=C\C(N)=Nc1cc(Nc2cccc(-c3ncn(C)n3)c2OC)c2ncn(PI)c2n1. The highest BCUT2D eigenvalue weighted by molar-refractivity contribution is 14.2. The highest BCUT2D eigenvalue weighted by atomic mass is 127. The van der Waals surface area contributed by atoms with Crippen LogP contribution in [0.5, 0.6) is 5.75 Å². The second-order valence-electron chi connectivity index (χ2n) is 6.81. The number of imidazole rings is 1. The molecule has 1 unspecified atom stereocenters. The van der Waals surface area contributed by atoms with Crippen LogP contribution in [0.15, 0.2) is 54.2 Å². The zero-order valence-corrected chi connectivity index (χ0v) is 23.3. The van der Waals surface area contributed by atoms with Crippen LogP contribution in [-0.4, -0.2) is 49.1 Å². The third kappa shape index (κ3) is 6.49. The first-order chi connectivity index (χ1) is 17.0. The minimum atomic E-state index is 0. The lowest BCUT2D eigenvalue weighted by molar-refractivity contribution is 0.418. The maximum atomic E-state index is 6.02. The summed E-state index contributed by atoms with van der Waals surface area (Å²) >= 11 is 2.29. The molecule has 0 bridgehead atoms. The first-order valence-electron chi connectivity index (χ1n) is 10.8. The molecule has 11 nitrogen and oxygen atoms in total. The maximum Gasteiger partial charge on any atom is 0.184 e. The number of ether oxygens (including phenoxy) is 1. The standard InChI is InChI=1S/C20H22IN10OP.C2H6.CH4/c1-23-8-7-15(22)27-16-9-14(17-20(28-16)31(33-21)11-24-17)26-13-6-4-5-12(18(13)32-3)19-25-10-30(2)29-19;1-2;/h4-11,23,33H,1-3H3,(H3,22,26,27,28);1-2H3;1H4/b8-7-;;. The number of aryl methyl sites for hydroxylation is 1. The minimum Gasteiger partial charge on any atom is -0.494 e. The number of hydrogen-bond acceptors (Lipinski definition) is 8. The van der Waals surface area contributed by atoms with Gasteiger partial charge in [0.1, 0.15) is 24.0 Å². The maximum absolute atomic E-state index is 6.02. The van der Waals surface area contributed by atoms with Crippen molar-refractivity contribution in [1.82, 2.24) is 34.4 Å². The third-order valence-electron chi connectivity index (χ3n) is 4.58. The van der Waals surface area contributed by atoms with Crippen LogP contribution in [0.3, 0.4) is 0 Å². The molecule has 0 aliphatic heterocycles. The Kier molecular flexibility index (Phi) is 11.1. The van der Waals surface area contributed by atoms with Crippen molar-refractivity contribution >= 4 is 62.6 Å². The van der Waals surface area contributed by atoms with Crippen molar-refractivity contribution < 1.29 is 4.74 Å². The van der Waals surface area contributed by atoms with E-state index in [1.165, 1.54) is 0 Å². The summed E-state index contributed by atoms with van der Waals surface area (Å²) in [5.74, 6) is 1.97. The normalized spacial score (nSPS) is 11.4. The molecule has 36 heavy (non-hydrogen) atoms. The van der Waals surface area contributed by atoms with E-state index in [4.69, 9.17) is 10.5 Å². The first kappa shape index (κ1) is 29.0. The molecule has 0 amide bonds. The molecular weight excluding hydrogens is 590 g/mol. The average molecular weight is 622 g/mol. The molecule has 0 aliphatic rings. The number of hydrogen-bond donors (Lipinski definition) is 3. The lowest BCUT2D eigenvalue weighted by atomic mass is 10.1. The second-order valence-corrected chi connectivity index (χ2v) is 8.91. The Hall–Kier alpha value is -3.25. The molecule has 0 saturated heterocycles. The summed E-state index contributed by atoms with van der Waals surface area (Å²) < 4.78 is 9.35. The molecule has 0 spiro atoms. The smallest absolute Gasteiger partial charge is 0.184 e. The largest absolute Gasteiger partial charge is 0.494 e. The lowest BCUT2D eigenvalue weighted by Gasteiger charge is -2.14. The molecule has 0 saturated carbocycles. The van der Waals surface area contributed by atoms with Crippen molar-refractivity contribution in [2.45, 2.75) is 21.3 Å². The van der Waals surface area contributed by atoms with Gasteiger partial charge in [-0.3, -0.25) is 9.02 Å². The molecule has 4 aromatic rings. The van der Waals surface area contributed by atoms with Gasteiger partial charge in [0.15, 0.2) is 23.0 Å². The van der Waals surface area contributed by atoms with Gasteiger partial charge in [0.05, 0.1) is 30.4 Å². The fourth-order valence-electron chi connectivity index (χ4n) is 3.17. The van der Waals surface area contributed by atoms with Crippen LogP contribution in [0.1, 0.15) is 21.3 Å². The number of aromatic nitrogens is 6. The number of aliphatic imine (C=N–C) groups is 1. The summed E-state index contributed by atoms with van der Waals surface area (Å²) in [5.41, 5.74) is 9.67. The topological polar surface area (TPSA) is 133 Å². The van der Waals surface area contributed by atoms with Gasteiger partial charge in [-0.1, -0.05) is 27.3 Å². The number of amidine groups is 1. The lowest BCUT2D eigenvalue weighted by Crippen LogP contribution is -2.09. The number of fused-ring (bicyclic) bond motifs is 1. The van der Waals surface area contributed by atoms with Gasteiger partial charge in [-0.2, -0.15) is 5.10 Å². The molecule has 192 valence electrons. The van der Waals surface area contributed by atoms with Crippen LogP contribution in [0.2, 0.25) is 0 Å². The third-order valence-corrected chi connectivity index (χ3v) is 6.64. The first-order valence-corrected chi connectivity index (χ1v) is 14.8. The Morgan fingerprint density at radius 3 is 2.64 bits per heavy atom. The predicted molar refractivity (Wildman–Crippen MR) is 159 cm³/mol. The van der Waals surface area contributed by atoms with Gasteiger partial charge in [0, 0.05) is 20.2 Å². The number of nitrogens with zero attached hydrogens (tertiary/aromatic N) is 7. The number of para-hydroxylation sites is 1. The molecule has 1 aromatic carbocycles. The number of benzene rings is 1. The molecular formula is C23H32IN10OP. The van der Waals surface area contributed by atoms with Crippen LogP contribution < -0.4 is 21.1 Å². The molecule has 4 N–H and O–H groups in total. The van der Waals surface area contributed by atoms with Crippen molar-refractivity contribution in [3.05, 3.63) is 49.2 Å². The van der Waals surface area contributed by atoms with Gasteiger partial charge in [-0.25, -0.2) is 19.9 Å². The Morgan fingerprint density at radius 1 is 1.22 bits per heavy atom. The number of methoxy groups -OCH3 is 1. The summed E-state index contributed by atoms with van der Waals surface area (Å²) in [6.45, 7) is 4.00. The number of pyridine rings is 1. The number of anilines is 2. The summed E-state index contributed by atoms with van der Waals surface area (Å²) in [4.78, 5) is 18.0. The van der Waals surface area contributed by atoms with Crippen LogP contribution in [-0.2, 0) is 7.05 Å². The summed E-state index contributed by atoms with van der Waals surface area (Å²) in [7, 11) is 5.23. The molecule has 0 fully saturated rings. The zero-order valence-electron chi connectivity index (χ0n) is 20.1. The fraction of sp³-hybridized carbons (Fsp3) is 0.261. The Morgan fingerprint density at radius 2 is 2.00 bits per heavy atom. The van der Waals surface area contributed by atoms with Crippen molar-refractivity contribution in [2.75, 3.05) is 19.5 Å². The van der Waals surface area contributed by atoms with E-state index in [-0.39, 0.29) is 7.43 Å². The average Bonchev–Trinajstić information content (AvgIpc) is 3.50. The molecule has 0 aliphatic carbocycles. The van der Waals surface area contributed by atoms with Crippen molar-refractivity contribution in [1.29, 1.82) is 0 Å². The van der Waals surface area contributed by atoms with Crippen LogP contribution in [0, 0.1) is 0 Å². The van der Waals surface area contributed by atoms with E-state index in [2.05, 4.69) is 57.7 Å². The van der Waals surface area contributed by atoms with Gasteiger partial charge in [0.2, 0.25) is 0 Å². The van der Waals surface area contributed by atoms with E-state index < -0.39 is 0 Å². The Balaban J connectivity index is 0.00000148. The highest BCUT2D eigenvalue weighted by Gasteiger charge is 2.17. The Bertz CT molecular complexity index is 1350. The summed E-state index contributed by atoms with van der Waals surface area (Å²) in [6, 6.07) is 7.56. The molecule has 3 aromatic heterocycles. The van der Waals surface area contributed by atoms with E-state index in [0.29, 0.717) is 40.8 Å². The second kappa shape index (κ2) is 13.7. The van der Waals surface area contributed by atoms with Crippen molar-refractivity contribution in [3.63, 3.8) is 0 Å². The molecule has 4 rings (SSSR count). The Labute approximate surface area is 226 Å². The van der Waals surface area contributed by atoms with Gasteiger partial charge in [-0.15, -0.1) is 0 Å². The number of halogens is 1. The molecule has 0 radical (unpaired) electrons. The molecule has 13 heteroatoms. The monoisotopic (exact) mass is 622 g/mol. The predicted octanol–water partition coefficient (Wildman–Crippen LogP) is 5.15. The quantitative estimate of drug-likeness (QED) is 0.106. The molecule has 3 heterocycles. The highest BCUT2D eigenvalue weighted by Crippen LogP contribution is 2.39. The van der Waals surface area contributed by atoms with Crippen LogP contribution in [0.25, 0.3) is 22.6 Å². The van der Waals surface area contributed by atoms with E-state index in [1.54, 1.807) is 49.8 Å². The van der Waals surface area contributed by atoms with Gasteiger partial charge < -0.3 is 21.1 Å². The number of rotatable bonds is 8. The van der Waals surface area contributed by atoms with Gasteiger partial charge >= 0.3 is 0 Å². The number of nitrogens with two attached hydrogens (primary N) is 1. The van der Waals surface area contributed by atoms with Gasteiger partial charge in [0.25, 0.3) is 0 Å². The fourth-order valence-corrected chi connectivity index (χ4v) is 4.57. The molecule has 1 atom stereocenters. The summed E-state index contributed by atoms with van der Waals surface area (Å²) in [5, 5.41) is 10.7.